The summed E-state index contributed by atoms with van der Waals surface area (Å²) in [5.74, 6) is -1.96. The van der Waals surface area contributed by atoms with Gasteiger partial charge in [-0.2, -0.15) is 0 Å². The summed E-state index contributed by atoms with van der Waals surface area (Å²) in [6.07, 6.45) is 0.902. The fourth-order valence-corrected chi connectivity index (χ4v) is 1.66. The van der Waals surface area contributed by atoms with Crippen molar-refractivity contribution in [3.05, 3.63) is 0 Å². The molecule has 2 atom stereocenters. The van der Waals surface area contributed by atoms with E-state index in [1.807, 2.05) is 0 Å². The van der Waals surface area contributed by atoms with Crippen molar-refractivity contribution in [1.29, 1.82) is 0 Å². The summed E-state index contributed by atoms with van der Waals surface area (Å²) >= 11 is 0. The highest BCUT2D eigenvalue weighted by atomic mass is 16.4. The molecule has 102 valence electrons. The Bertz CT molecular complexity index is 335. The van der Waals surface area contributed by atoms with Gasteiger partial charge in [0, 0.05) is 12.5 Å². The van der Waals surface area contributed by atoms with Crippen molar-refractivity contribution >= 4 is 17.8 Å². The van der Waals surface area contributed by atoms with Gasteiger partial charge < -0.3 is 10.4 Å². The first-order valence-electron chi connectivity index (χ1n) is 5.97. The van der Waals surface area contributed by atoms with E-state index in [0.29, 0.717) is 19.4 Å². The largest absolute Gasteiger partial charge is 0.480 e. The van der Waals surface area contributed by atoms with Gasteiger partial charge in [0.1, 0.15) is 6.04 Å². The van der Waals surface area contributed by atoms with E-state index in [2.05, 4.69) is 16.2 Å². The number of nitrogens with one attached hydrogen (secondary N) is 3. The highest BCUT2D eigenvalue weighted by Crippen LogP contribution is 2.14. The highest BCUT2D eigenvalue weighted by molar-refractivity contribution is 5.84. The van der Waals surface area contributed by atoms with Gasteiger partial charge in [0.2, 0.25) is 11.8 Å². The molecule has 1 saturated heterocycles. The van der Waals surface area contributed by atoms with Gasteiger partial charge in [0.15, 0.2) is 0 Å². The first-order valence-corrected chi connectivity index (χ1v) is 5.97. The molecule has 7 nitrogen and oxygen atoms in total. The number of carbonyl (C=O) groups excluding carboxylic acids is 2. The lowest BCUT2D eigenvalue weighted by molar-refractivity contribution is -0.141. The Labute approximate surface area is 105 Å². The van der Waals surface area contributed by atoms with Crippen molar-refractivity contribution in [2.24, 2.45) is 11.8 Å². The monoisotopic (exact) mass is 257 g/mol. The maximum atomic E-state index is 11.7. The highest BCUT2D eigenvalue weighted by Gasteiger charge is 2.29. The standard InChI is InChI=1S/C11H19N3O4/c1-6(2)9(15)13-14-10(16)7-3-4-8(11(17)18)12-5-7/h6-8,12H,3-5H2,1-2H3,(H,13,15)(H,14,16)(H,17,18). The molecule has 1 aliphatic rings. The molecule has 1 heterocycles. The van der Waals surface area contributed by atoms with Crippen molar-refractivity contribution in [3.63, 3.8) is 0 Å². The predicted molar refractivity (Wildman–Crippen MR) is 63.3 cm³/mol. The van der Waals surface area contributed by atoms with Crippen LogP contribution in [0.4, 0.5) is 0 Å². The minimum Gasteiger partial charge on any atom is -0.480 e. The lowest BCUT2D eigenvalue weighted by Crippen LogP contribution is -2.52. The van der Waals surface area contributed by atoms with Crippen LogP contribution in [0.1, 0.15) is 26.7 Å². The zero-order valence-electron chi connectivity index (χ0n) is 10.5. The van der Waals surface area contributed by atoms with E-state index in [1.54, 1.807) is 13.8 Å². The lowest BCUT2D eigenvalue weighted by atomic mass is 9.94. The van der Waals surface area contributed by atoms with Gasteiger partial charge in [-0.3, -0.25) is 25.2 Å². The number of rotatable bonds is 3. The zero-order chi connectivity index (χ0) is 13.7. The van der Waals surface area contributed by atoms with Crippen LogP contribution in [0.2, 0.25) is 0 Å². The van der Waals surface area contributed by atoms with Crippen molar-refractivity contribution in [3.8, 4) is 0 Å². The Balaban J connectivity index is 2.32. The van der Waals surface area contributed by atoms with E-state index < -0.39 is 12.0 Å². The van der Waals surface area contributed by atoms with Gasteiger partial charge in [-0.05, 0) is 12.8 Å². The molecule has 2 unspecified atom stereocenters. The summed E-state index contributed by atoms with van der Waals surface area (Å²) in [6.45, 7) is 3.75. The molecule has 18 heavy (non-hydrogen) atoms. The van der Waals surface area contributed by atoms with Gasteiger partial charge in [-0.15, -0.1) is 0 Å². The molecule has 0 aliphatic carbocycles. The Kier molecular flexibility index (Phi) is 5.08. The molecule has 0 bridgehead atoms. The van der Waals surface area contributed by atoms with Gasteiger partial charge in [-0.25, -0.2) is 0 Å². The first kappa shape index (κ1) is 14.4. The molecule has 4 N–H and O–H groups in total. The second kappa shape index (κ2) is 6.34. The molecular formula is C11H19N3O4. The van der Waals surface area contributed by atoms with E-state index in [1.165, 1.54) is 0 Å². The number of carbonyl (C=O) groups is 3. The third-order valence-electron chi connectivity index (χ3n) is 2.92. The van der Waals surface area contributed by atoms with E-state index in [4.69, 9.17) is 5.11 Å². The summed E-state index contributed by atoms with van der Waals surface area (Å²) in [5.41, 5.74) is 4.68. The van der Waals surface area contributed by atoms with Crippen molar-refractivity contribution in [1.82, 2.24) is 16.2 Å². The van der Waals surface area contributed by atoms with Crippen LogP contribution in [-0.2, 0) is 14.4 Å². The molecule has 0 saturated carbocycles. The third kappa shape index (κ3) is 3.99. The second-order valence-electron chi connectivity index (χ2n) is 4.71. The molecule has 7 heteroatoms. The van der Waals surface area contributed by atoms with E-state index in [0.717, 1.165) is 0 Å². The molecule has 0 radical (unpaired) electrons. The van der Waals surface area contributed by atoms with Crippen LogP contribution in [0.15, 0.2) is 0 Å². The van der Waals surface area contributed by atoms with Crippen LogP contribution in [0.5, 0.6) is 0 Å². The fraction of sp³-hybridized carbons (Fsp3) is 0.727. The van der Waals surface area contributed by atoms with Gasteiger partial charge in [0.25, 0.3) is 0 Å². The molecule has 0 aromatic rings. The number of hydrogen-bond acceptors (Lipinski definition) is 4. The predicted octanol–water partition coefficient (Wildman–Crippen LogP) is -0.757. The van der Waals surface area contributed by atoms with Crippen LogP contribution >= 0.6 is 0 Å². The number of carboxylic acid groups (broad SMARTS) is 1. The minimum atomic E-state index is -0.901. The van der Waals surface area contributed by atoms with Gasteiger partial charge >= 0.3 is 5.97 Å². The van der Waals surface area contributed by atoms with Crippen molar-refractivity contribution < 1.29 is 19.5 Å². The quantitative estimate of drug-likeness (QED) is 0.497. The summed E-state index contributed by atoms with van der Waals surface area (Å²) < 4.78 is 0. The van der Waals surface area contributed by atoms with Crippen LogP contribution in [0.3, 0.4) is 0 Å². The third-order valence-corrected chi connectivity index (χ3v) is 2.92. The van der Waals surface area contributed by atoms with Gasteiger partial charge in [0.05, 0.1) is 5.92 Å². The molecule has 0 aromatic heterocycles. The minimum absolute atomic E-state index is 0.203. The maximum Gasteiger partial charge on any atom is 0.320 e. The number of amides is 2. The van der Waals surface area contributed by atoms with Crippen LogP contribution < -0.4 is 16.2 Å². The smallest absolute Gasteiger partial charge is 0.320 e. The van der Waals surface area contributed by atoms with E-state index >= 15 is 0 Å². The Morgan fingerprint density at radius 3 is 2.33 bits per heavy atom. The molecule has 1 aliphatic heterocycles. The van der Waals surface area contributed by atoms with Crippen LogP contribution in [0.25, 0.3) is 0 Å². The van der Waals surface area contributed by atoms with Gasteiger partial charge in [-0.1, -0.05) is 13.8 Å². The number of hydrogen-bond donors (Lipinski definition) is 4. The first-order chi connectivity index (χ1) is 8.41. The molecule has 2 amide bonds. The average molecular weight is 257 g/mol. The summed E-state index contributed by atoms with van der Waals surface area (Å²) in [5, 5.41) is 11.6. The van der Waals surface area contributed by atoms with Crippen molar-refractivity contribution in [2.75, 3.05) is 6.54 Å². The number of hydrazine groups is 1. The maximum absolute atomic E-state index is 11.7. The van der Waals surface area contributed by atoms with Crippen LogP contribution in [0, 0.1) is 11.8 Å². The molecule has 0 aromatic carbocycles. The molecule has 1 rings (SSSR count). The topological polar surface area (TPSA) is 108 Å². The second-order valence-corrected chi connectivity index (χ2v) is 4.71. The Morgan fingerprint density at radius 1 is 1.22 bits per heavy atom. The summed E-state index contributed by atoms with van der Waals surface area (Å²) in [7, 11) is 0. The van der Waals surface area contributed by atoms with E-state index in [9.17, 15) is 14.4 Å². The molecular weight excluding hydrogens is 238 g/mol. The SMILES string of the molecule is CC(C)C(=O)NNC(=O)C1CCC(C(=O)O)NC1. The number of aliphatic carboxylic acids is 1. The summed E-state index contributed by atoms with van der Waals surface area (Å²) in [4.78, 5) is 33.6. The summed E-state index contributed by atoms with van der Waals surface area (Å²) in [6, 6.07) is -0.584. The Morgan fingerprint density at radius 2 is 1.89 bits per heavy atom. The zero-order valence-corrected chi connectivity index (χ0v) is 10.5. The lowest BCUT2D eigenvalue weighted by Gasteiger charge is -2.26. The molecule has 1 fully saturated rings. The number of carboxylic acids is 1. The number of piperidine rings is 1. The average Bonchev–Trinajstić information content (AvgIpc) is 2.35. The molecule has 0 spiro atoms. The van der Waals surface area contributed by atoms with E-state index in [-0.39, 0.29) is 23.7 Å². The Hall–Kier alpha value is -1.63. The van der Waals surface area contributed by atoms with Crippen molar-refractivity contribution in [2.45, 2.75) is 32.7 Å². The van der Waals surface area contributed by atoms with Crippen LogP contribution in [-0.4, -0.2) is 35.5 Å². The normalized spacial score (nSPS) is 23.5. The fourth-order valence-electron chi connectivity index (χ4n) is 1.66.